The molecule has 5 nitrogen and oxygen atoms in total. The molecule has 2 aromatic carbocycles. The van der Waals surface area contributed by atoms with Gasteiger partial charge >= 0.3 is 0 Å². The molecule has 4 rings (SSSR count). The summed E-state index contributed by atoms with van der Waals surface area (Å²) >= 11 is 1.56. The van der Waals surface area contributed by atoms with Gasteiger partial charge in [-0.2, -0.15) is 0 Å². The van der Waals surface area contributed by atoms with Crippen LogP contribution in [0, 0.1) is 23.4 Å². The van der Waals surface area contributed by atoms with Gasteiger partial charge in [-0.3, -0.25) is 9.59 Å². The number of thioether (sulfide) groups is 1. The summed E-state index contributed by atoms with van der Waals surface area (Å²) < 4.78 is 40.5. The molecule has 9 heteroatoms. The summed E-state index contributed by atoms with van der Waals surface area (Å²) in [7, 11) is 0. The normalized spacial score (nSPS) is 17.3. The van der Waals surface area contributed by atoms with Crippen LogP contribution in [0.1, 0.15) is 40.7 Å². The van der Waals surface area contributed by atoms with E-state index >= 15 is 0 Å². The van der Waals surface area contributed by atoms with Gasteiger partial charge in [-0.25, -0.2) is 13.2 Å². The Kier molecular flexibility index (Phi) is 7.83. The van der Waals surface area contributed by atoms with Crippen molar-refractivity contribution in [3.8, 4) is 0 Å². The number of piperidine rings is 1. The number of fused-ring (bicyclic) bond motifs is 1. The number of nitrogens with two attached hydrogens (primary N) is 1. The fraction of sp³-hybridized carbons (Fsp3) is 0.440. The van der Waals surface area contributed by atoms with Crippen LogP contribution >= 0.6 is 11.8 Å². The number of halogens is 3. The van der Waals surface area contributed by atoms with Crippen LogP contribution in [-0.2, 0) is 17.6 Å². The predicted molar refractivity (Wildman–Crippen MR) is 125 cm³/mol. The van der Waals surface area contributed by atoms with Gasteiger partial charge in [-0.15, -0.1) is 11.8 Å². The Morgan fingerprint density at radius 3 is 2.62 bits per heavy atom. The first-order chi connectivity index (χ1) is 16.3. The lowest BCUT2D eigenvalue weighted by Crippen LogP contribution is -2.44. The van der Waals surface area contributed by atoms with Crippen molar-refractivity contribution >= 4 is 23.6 Å². The number of amides is 2. The van der Waals surface area contributed by atoms with Crippen molar-refractivity contribution in [3.05, 3.63) is 64.5 Å². The van der Waals surface area contributed by atoms with Crippen molar-refractivity contribution in [2.75, 3.05) is 25.4 Å². The van der Waals surface area contributed by atoms with E-state index in [0.717, 1.165) is 22.9 Å². The van der Waals surface area contributed by atoms with Gasteiger partial charge in [0.25, 0.3) is 5.91 Å². The molecule has 0 saturated carbocycles. The molecule has 2 amide bonds. The average molecular weight is 492 g/mol. The monoisotopic (exact) mass is 491 g/mol. The molecule has 0 bridgehead atoms. The standard InChI is InChI=1S/C25H28F3N3O2S/c26-20-14-22(28)21(27)11-17(20)12-23(29)16-4-8-31(9-5-16)24(32)6-10-34-18-2-1-15-3-7-30-25(33)19(15)13-18/h1-2,11,13-14,16,23H,3-10,12,29H2,(H,30,33). The van der Waals surface area contributed by atoms with Gasteiger partial charge in [-0.1, -0.05) is 6.07 Å². The van der Waals surface area contributed by atoms with Gasteiger partial charge in [-0.05, 0) is 60.9 Å². The van der Waals surface area contributed by atoms with Crippen LogP contribution in [0.5, 0.6) is 0 Å². The Morgan fingerprint density at radius 2 is 1.85 bits per heavy atom. The topological polar surface area (TPSA) is 75.4 Å². The molecule has 2 aliphatic rings. The third kappa shape index (κ3) is 5.75. The zero-order chi connectivity index (χ0) is 24.2. The second kappa shape index (κ2) is 10.8. The smallest absolute Gasteiger partial charge is 0.251 e. The molecule has 34 heavy (non-hydrogen) atoms. The highest BCUT2D eigenvalue weighted by atomic mass is 32.2. The van der Waals surface area contributed by atoms with E-state index in [2.05, 4.69) is 5.32 Å². The first-order valence-electron chi connectivity index (χ1n) is 11.5. The molecule has 3 N–H and O–H groups in total. The van der Waals surface area contributed by atoms with Gasteiger partial charge in [0, 0.05) is 54.4 Å². The van der Waals surface area contributed by atoms with E-state index in [1.54, 1.807) is 11.8 Å². The Hall–Kier alpha value is -2.52. The summed E-state index contributed by atoms with van der Waals surface area (Å²) in [4.78, 5) is 27.4. The fourth-order valence-corrected chi connectivity index (χ4v) is 5.49. The molecule has 0 radical (unpaired) electrons. The van der Waals surface area contributed by atoms with Crippen LogP contribution in [0.3, 0.4) is 0 Å². The van der Waals surface area contributed by atoms with Gasteiger partial charge in [0.15, 0.2) is 11.6 Å². The first kappa shape index (κ1) is 24.6. The molecule has 2 heterocycles. The van der Waals surface area contributed by atoms with Gasteiger partial charge in [0.2, 0.25) is 5.91 Å². The van der Waals surface area contributed by atoms with Crippen LogP contribution in [0.2, 0.25) is 0 Å². The van der Waals surface area contributed by atoms with E-state index in [1.807, 2.05) is 23.1 Å². The van der Waals surface area contributed by atoms with Crippen molar-refractivity contribution in [2.45, 2.75) is 43.0 Å². The van der Waals surface area contributed by atoms with Crippen molar-refractivity contribution in [3.63, 3.8) is 0 Å². The highest BCUT2D eigenvalue weighted by molar-refractivity contribution is 7.99. The van der Waals surface area contributed by atoms with E-state index in [0.29, 0.717) is 56.3 Å². The largest absolute Gasteiger partial charge is 0.352 e. The quantitative estimate of drug-likeness (QED) is 0.458. The molecule has 0 aromatic heterocycles. The molecule has 0 aliphatic carbocycles. The van der Waals surface area contributed by atoms with E-state index in [9.17, 15) is 22.8 Å². The van der Waals surface area contributed by atoms with Gasteiger partial charge in [0.1, 0.15) is 5.82 Å². The maximum Gasteiger partial charge on any atom is 0.251 e. The zero-order valence-corrected chi connectivity index (χ0v) is 19.6. The van der Waals surface area contributed by atoms with Gasteiger partial charge in [0.05, 0.1) is 0 Å². The van der Waals surface area contributed by atoms with Crippen molar-refractivity contribution < 1.29 is 22.8 Å². The molecular formula is C25H28F3N3O2S. The van der Waals surface area contributed by atoms with Gasteiger partial charge < -0.3 is 16.0 Å². The van der Waals surface area contributed by atoms with Crippen LogP contribution in [0.15, 0.2) is 35.2 Å². The maximum atomic E-state index is 13.9. The van der Waals surface area contributed by atoms with Crippen molar-refractivity contribution in [1.29, 1.82) is 0 Å². The Balaban J connectivity index is 1.22. The molecule has 0 spiro atoms. The minimum absolute atomic E-state index is 0.0480. The Labute approximate surface area is 201 Å². The number of benzene rings is 2. The zero-order valence-electron chi connectivity index (χ0n) is 18.8. The Morgan fingerprint density at radius 1 is 1.12 bits per heavy atom. The second-order valence-electron chi connectivity index (χ2n) is 8.87. The highest BCUT2D eigenvalue weighted by Gasteiger charge is 2.27. The number of likely N-dealkylation sites (tertiary alicyclic amines) is 1. The lowest BCUT2D eigenvalue weighted by molar-refractivity contribution is -0.132. The first-order valence-corrected chi connectivity index (χ1v) is 12.5. The summed E-state index contributed by atoms with van der Waals surface area (Å²) in [5.74, 6) is -2.37. The molecule has 2 aliphatic heterocycles. The number of hydrogen-bond donors (Lipinski definition) is 2. The number of rotatable bonds is 7. The number of hydrogen-bond acceptors (Lipinski definition) is 4. The summed E-state index contributed by atoms with van der Waals surface area (Å²) in [5.41, 5.74) is 8.08. The summed E-state index contributed by atoms with van der Waals surface area (Å²) in [6.45, 7) is 1.80. The van der Waals surface area contributed by atoms with Crippen LogP contribution in [0.25, 0.3) is 0 Å². The SMILES string of the molecule is NC(Cc1cc(F)c(F)cc1F)C1CCN(C(=O)CCSc2ccc3c(c2)C(=O)NCC3)CC1. The molecule has 1 unspecified atom stereocenters. The van der Waals surface area contributed by atoms with Crippen molar-refractivity contribution in [2.24, 2.45) is 11.7 Å². The van der Waals surface area contributed by atoms with E-state index < -0.39 is 23.5 Å². The lowest BCUT2D eigenvalue weighted by Gasteiger charge is -2.35. The van der Waals surface area contributed by atoms with E-state index in [4.69, 9.17) is 5.73 Å². The molecule has 1 atom stereocenters. The summed E-state index contributed by atoms with van der Waals surface area (Å²) in [6, 6.07) is 6.90. The third-order valence-corrected chi connectivity index (χ3v) is 7.63. The average Bonchev–Trinajstić information content (AvgIpc) is 2.83. The molecular weight excluding hydrogens is 463 g/mol. The third-order valence-electron chi connectivity index (χ3n) is 6.63. The second-order valence-corrected chi connectivity index (χ2v) is 10.0. The van der Waals surface area contributed by atoms with Crippen LogP contribution < -0.4 is 11.1 Å². The fourth-order valence-electron chi connectivity index (χ4n) is 4.61. The number of carbonyl (C=O) groups is 2. The number of nitrogens with zero attached hydrogens (tertiary/aromatic N) is 1. The molecule has 182 valence electrons. The molecule has 1 saturated heterocycles. The maximum absolute atomic E-state index is 13.9. The number of carbonyl (C=O) groups excluding carboxylic acids is 2. The molecule has 1 fully saturated rings. The highest BCUT2D eigenvalue weighted by Crippen LogP contribution is 2.26. The summed E-state index contributed by atoms with van der Waals surface area (Å²) in [6.07, 6.45) is 2.72. The minimum Gasteiger partial charge on any atom is -0.352 e. The minimum atomic E-state index is -1.21. The van der Waals surface area contributed by atoms with E-state index in [-0.39, 0.29) is 29.7 Å². The number of nitrogens with one attached hydrogen (secondary N) is 1. The Bertz CT molecular complexity index is 1070. The predicted octanol–water partition coefficient (Wildman–Crippen LogP) is 3.68. The van der Waals surface area contributed by atoms with Crippen molar-refractivity contribution in [1.82, 2.24) is 10.2 Å². The van der Waals surface area contributed by atoms with Crippen LogP contribution in [0.4, 0.5) is 13.2 Å². The van der Waals surface area contributed by atoms with E-state index in [1.165, 1.54) is 0 Å². The molecule has 2 aromatic rings. The summed E-state index contributed by atoms with van der Waals surface area (Å²) in [5, 5.41) is 2.85. The lowest BCUT2D eigenvalue weighted by atomic mass is 9.86. The van der Waals surface area contributed by atoms with Crippen LogP contribution in [-0.4, -0.2) is 48.1 Å².